The second kappa shape index (κ2) is 7.61. The van der Waals surface area contributed by atoms with E-state index < -0.39 is 5.41 Å². The minimum Gasteiger partial charge on any atom is -0.351 e. The summed E-state index contributed by atoms with van der Waals surface area (Å²) >= 11 is 0. The lowest BCUT2D eigenvalue weighted by atomic mass is 9.80. The average Bonchev–Trinajstić information content (AvgIpc) is 2.99. The normalized spacial score (nSPS) is 19.5. The molecule has 1 aliphatic rings. The third-order valence-electron chi connectivity index (χ3n) is 5.57. The second-order valence-electron chi connectivity index (χ2n) is 7.85. The number of carbonyl (C=O) groups is 2. The maximum absolute atomic E-state index is 12.9. The smallest absolute Gasteiger partial charge is 0.255 e. The Morgan fingerprint density at radius 2 is 2.07 bits per heavy atom. The molecule has 0 aliphatic carbocycles. The summed E-state index contributed by atoms with van der Waals surface area (Å²) in [5, 5.41) is 10.1. The molecule has 1 atom stereocenters. The molecule has 2 aromatic heterocycles. The Labute approximate surface area is 163 Å². The largest absolute Gasteiger partial charge is 0.351 e. The quantitative estimate of drug-likeness (QED) is 0.828. The van der Waals surface area contributed by atoms with Gasteiger partial charge in [0.15, 0.2) is 0 Å². The molecule has 1 unspecified atom stereocenters. The molecule has 1 saturated heterocycles. The Hall–Kier alpha value is -2.90. The summed E-state index contributed by atoms with van der Waals surface area (Å²) in [6, 6.07) is 2.93. The number of carbonyl (C=O) groups excluding carboxylic acids is 2. The van der Waals surface area contributed by atoms with Crippen molar-refractivity contribution in [1.82, 2.24) is 25.0 Å². The number of hydrogen-bond acceptors (Lipinski definition) is 4. The van der Waals surface area contributed by atoms with Crippen LogP contribution in [0.2, 0.25) is 0 Å². The standard InChI is InChI=1S/C20H27N5O3/c1-13-16(14(2)23-22-13)10-21-19(28)20(3)8-5-9-25(12-20)18(27)15-6-7-17(26)24(4)11-15/h6-7,11H,5,8-10,12H2,1-4H3,(H,21,28)(H,22,23). The Bertz CT molecular complexity index is 941. The van der Waals surface area contributed by atoms with E-state index in [0.29, 0.717) is 25.2 Å². The van der Waals surface area contributed by atoms with Crippen LogP contribution >= 0.6 is 0 Å². The van der Waals surface area contributed by atoms with E-state index in [4.69, 9.17) is 0 Å². The van der Waals surface area contributed by atoms with E-state index in [1.807, 2.05) is 20.8 Å². The Kier molecular flexibility index (Phi) is 5.40. The third kappa shape index (κ3) is 3.85. The highest BCUT2D eigenvalue weighted by Gasteiger charge is 2.39. The molecular formula is C20H27N5O3. The summed E-state index contributed by atoms with van der Waals surface area (Å²) in [5.41, 5.74) is 2.45. The fourth-order valence-electron chi connectivity index (χ4n) is 3.72. The van der Waals surface area contributed by atoms with Crippen molar-refractivity contribution in [3.63, 3.8) is 0 Å². The van der Waals surface area contributed by atoms with Crippen LogP contribution in [0.3, 0.4) is 0 Å². The van der Waals surface area contributed by atoms with Gasteiger partial charge in [-0.15, -0.1) is 0 Å². The maximum atomic E-state index is 12.9. The number of pyridine rings is 1. The van der Waals surface area contributed by atoms with E-state index in [-0.39, 0.29) is 17.4 Å². The van der Waals surface area contributed by atoms with Crippen molar-refractivity contribution in [2.45, 2.75) is 40.2 Å². The van der Waals surface area contributed by atoms with Crippen LogP contribution < -0.4 is 10.9 Å². The van der Waals surface area contributed by atoms with Crippen molar-refractivity contribution in [2.24, 2.45) is 12.5 Å². The predicted octanol–water partition coefficient (Wildman–Crippen LogP) is 1.28. The molecule has 1 fully saturated rings. The number of H-pyrrole nitrogens is 1. The molecule has 0 spiro atoms. The molecule has 0 saturated carbocycles. The van der Waals surface area contributed by atoms with E-state index in [2.05, 4.69) is 15.5 Å². The van der Waals surface area contributed by atoms with Gasteiger partial charge in [-0.1, -0.05) is 0 Å². The Morgan fingerprint density at radius 1 is 1.32 bits per heavy atom. The van der Waals surface area contributed by atoms with Gasteiger partial charge in [0.25, 0.3) is 5.91 Å². The number of likely N-dealkylation sites (tertiary alicyclic amines) is 1. The zero-order valence-corrected chi connectivity index (χ0v) is 16.8. The number of piperidine rings is 1. The number of amides is 2. The molecule has 2 aromatic rings. The van der Waals surface area contributed by atoms with Crippen molar-refractivity contribution in [1.29, 1.82) is 0 Å². The molecule has 0 aromatic carbocycles. The van der Waals surface area contributed by atoms with Crippen LogP contribution in [0.15, 0.2) is 23.1 Å². The van der Waals surface area contributed by atoms with Crippen LogP contribution in [-0.2, 0) is 18.4 Å². The molecule has 3 heterocycles. The molecule has 28 heavy (non-hydrogen) atoms. The van der Waals surface area contributed by atoms with Crippen LogP contribution in [0.5, 0.6) is 0 Å². The van der Waals surface area contributed by atoms with Gasteiger partial charge in [0.2, 0.25) is 11.5 Å². The van der Waals surface area contributed by atoms with Crippen LogP contribution in [0.25, 0.3) is 0 Å². The predicted molar refractivity (Wildman–Crippen MR) is 105 cm³/mol. The molecule has 2 amide bonds. The molecule has 1 aliphatic heterocycles. The van der Waals surface area contributed by atoms with Crippen molar-refractivity contribution >= 4 is 11.8 Å². The van der Waals surface area contributed by atoms with Gasteiger partial charge in [0.1, 0.15) is 0 Å². The number of aryl methyl sites for hydroxylation is 3. The summed E-state index contributed by atoms with van der Waals surface area (Å²) in [6.45, 7) is 7.10. The lowest BCUT2D eigenvalue weighted by molar-refractivity contribution is -0.132. The lowest BCUT2D eigenvalue weighted by Gasteiger charge is -2.39. The molecular weight excluding hydrogens is 358 g/mol. The van der Waals surface area contributed by atoms with Crippen molar-refractivity contribution in [3.8, 4) is 0 Å². The first kappa shape index (κ1) is 19.9. The highest BCUT2D eigenvalue weighted by molar-refractivity contribution is 5.94. The number of aromatic amines is 1. The summed E-state index contributed by atoms with van der Waals surface area (Å²) in [5.74, 6) is -0.221. The van der Waals surface area contributed by atoms with Gasteiger partial charge in [-0.05, 0) is 39.7 Å². The van der Waals surface area contributed by atoms with E-state index >= 15 is 0 Å². The molecule has 0 bridgehead atoms. The minimum absolute atomic E-state index is 0.0644. The molecule has 3 rings (SSSR count). The molecule has 2 N–H and O–H groups in total. The van der Waals surface area contributed by atoms with Gasteiger partial charge < -0.3 is 14.8 Å². The topological polar surface area (TPSA) is 100 Å². The van der Waals surface area contributed by atoms with Crippen molar-refractivity contribution in [2.75, 3.05) is 13.1 Å². The summed E-state index contributed by atoms with van der Waals surface area (Å²) in [6.07, 6.45) is 3.02. The van der Waals surface area contributed by atoms with E-state index in [9.17, 15) is 14.4 Å². The van der Waals surface area contributed by atoms with E-state index in [1.54, 1.807) is 24.2 Å². The number of aromatic nitrogens is 3. The van der Waals surface area contributed by atoms with Gasteiger partial charge in [0.05, 0.1) is 16.7 Å². The van der Waals surface area contributed by atoms with Gasteiger partial charge in [-0.3, -0.25) is 19.5 Å². The number of rotatable bonds is 4. The zero-order chi connectivity index (χ0) is 20.5. The van der Waals surface area contributed by atoms with Gasteiger partial charge >= 0.3 is 0 Å². The number of nitrogens with zero attached hydrogens (tertiary/aromatic N) is 3. The molecule has 8 heteroatoms. The average molecular weight is 385 g/mol. The van der Waals surface area contributed by atoms with Crippen LogP contribution in [0, 0.1) is 19.3 Å². The highest BCUT2D eigenvalue weighted by atomic mass is 16.2. The lowest BCUT2D eigenvalue weighted by Crippen LogP contribution is -2.51. The first-order chi connectivity index (χ1) is 13.2. The molecule has 0 radical (unpaired) electrons. The third-order valence-corrected chi connectivity index (χ3v) is 5.57. The Morgan fingerprint density at radius 3 is 2.71 bits per heavy atom. The highest BCUT2D eigenvalue weighted by Crippen LogP contribution is 2.30. The Balaban J connectivity index is 1.69. The minimum atomic E-state index is -0.653. The zero-order valence-electron chi connectivity index (χ0n) is 16.8. The van der Waals surface area contributed by atoms with Crippen LogP contribution in [0.1, 0.15) is 47.1 Å². The molecule has 150 valence electrons. The fraction of sp³-hybridized carbons (Fsp3) is 0.500. The van der Waals surface area contributed by atoms with E-state index in [0.717, 1.165) is 29.8 Å². The monoisotopic (exact) mass is 385 g/mol. The van der Waals surface area contributed by atoms with Crippen molar-refractivity contribution in [3.05, 3.63) is 51.2 Å². The van der Waals surface area contributed by atoms with Crippen LogP contribution in [-0.4, -0.2) is 44.6 Å². The van der Waals surface area contributed by atoms with Gasteiger partial charge in [-0.25, -0.2) is 0 Å². The maximum Gasteiger partial charge on any atom is 0.255 e. The first-order valence-electron chi connectivity index (χ1n) is 9.46. The number of nitrogens with one attached hydrogen (secondary N) is 2. The summed E-state index contributed by atoms with van der Waals surface area (Å²) < 4.78 is 1.39. The SMILES string of the molecule is Cc1n[nH]c(C)c1CNC(=O)C1(C)CCCN(C(=O)c2ccc(=O)n(C)c2)C1. The molecule has 8 nitrogen and oxygen atoms in total. The number of hydrogen-bond donors (Lipinski definition) is 2. The van der Waals surface area contributed by atoms with Gasteiger partial charge in [0, 0.05) is 50.2 Å². The summed E-state index contributed by atoms with van der Waals surface area (Å²) in [7, 11) is 1.62. The van der Waals surface area contributed by atoms with Crippen molar-refractivity contribution < 1.29 is 9.59 Å². The summed E-state index contributed by atoms with van der Waals surface area (Å²) in [4.78, 5) is 39.1. The van der Waals surface area contributed by atoms with E-state index in [1.165, 1.54) is 10.6 Å². The fourth-order valence-corrected chi connectivity index (χ4v) is 3.72. The second-order valence-corrected chi connectivity index (χ2v) is 7.85. The van der Waals surface area contributed by atoms with Gasteiger partial charge in [-0.2, -0.15) is 5.10 Å². The van der Waals surface area contributed by atoms with Crippen LogP contribution in [0.4, 0.5) is 0 Å². The first-order valence-corrected chi connectivity index (χ1v) is 9.46.